The molecule has 0 bridgehead atoms. The van der Waals surface area contributed by atoms with Crippen molar-refractivity contribution in [3.8, 4) is 0 Å². The zero-order chi connectivity index (χ0) is 20.2. The molecule has 2 saturated heterocycles. The maximum absolute atomic E-state index is 12.6. The summed E-state index contributed by atoms with van der Waals surface area (Å²) in [5.41, 5.74) is 3.14. The smallest absolute Gasteiger partial charge is 0.275 e. The van der Waals surface area contributed by atoms with Gasteiger partial charge in [-0.25, -0.2) is 4.98 Å². The number of oxazole rings is 1. The van der Waals surface area contributed by atoms with Crippen LogP contribution in [0.25, 0.3) is 0 Å². The molecule has 0 radical (unpaired) electrons. The van der Waals surface area contributed by atoms with Crippen molar-refractivity contribution >= 4 is 5.91 Å². The van der Waals surface area contributed by atoms with Crippen LogP contribution >= 0.6 is 0 Å². The lowest BCUT2D eigenvalue weighted by molar-refractivity contribution is 0.0691. The molecule has 6 nitrogen and oxygen atoms in total. The Bertz CT molecular complexity index is 818. The number of likely N-dealkylation sites (tertiary alicyclic amines) is 1. The van der Waals surface area contributed by atoms with Crippen molar-refractivity contribution in [3.63, 3.8) is 0 Å². The summed E-state index contributed by atoms with van der Waals surface area (Å²) in [5, 5.41) is 0. The first-order chi connectivity index (χ1) is 14.1. The topological polar surface area (TPSA) is 52.8 Å². The second kappa shape index (κ2) is 9.09. The van der Waals surface area contributed by atoms with E-state index in [1.54, 1.807) is 0 Å². The standard InChI is InChI=1S/C23H32N4O2/c1-18-6-8-27(9-7-18)23(28)21-17-29-22(24-21)16-26-12-10-25(11-13-26)15-20-5-3-4-19(2)14-20/h3-5,14,17-18H,6-13,15-16H2,1-2H3. The largest absolute Gasteiger partial charge is 0.447 e. The predicted molar refractivity (Wildman–Crippen MR) is 113 cm³/mol. The molecule has 0 N–H and O–H groups in total. The van der Waals surface area contributed by atoms with Crippen molar-refractivity contribution in [1.82, 2.24) is 19.7 Å². The van der Waals surface area contributed by atoms with E-state index in [1.807, 2.05) is 4.90 Å². The Hall–Kier alpha value is -2.18. The number of aryl methyl sites for hydroxylation is 1. The quantitative estimate of drug-likeness (QED) is 0.777. The molecule has 0 saturated carbocycles. The van der Waals surface area contributed by atoms with Crippen LogP contribution in [0.15, 0.2) is 34.9 Å². The highest BCUT2D eigenvalue weighted by Crippen LogP contribution is 2.19. The van der Waals surface area contributed by atoms with E-state index in [4.69, 9.17) is 4.42 Å². The van der Waals surface area contributed by atoms with Gasteiger partial charge in [-0.1, -0.05) is 36.8 Å². The molecule has 3 heterocycles. The Morgan fingerprint density at radius 3 is 2.45 bits per heavy atom. The average molecular weight is 397 g/mol. The number of hydrogen-bond donors (Lipinski definition) is 0. The molecule has 6 heteroatoms. The van der Waals surface area contributed by atoms with Gasteiger partial charge in [0.1, 0.15) is 6.26 Å². The fourth-order valence-electron chi connectivity index (χ4n) is 4.22. The van der Waals surface area contributed by atoms with Gasteiger partial charge in [-0.05, 0) is 31.2 Å². The lowest BCUT2D eigenvalue weighted by atomic mass is 9.99. The van der Waals surface area contributed by atoms with Crippen LogP contribution in [-0.4, -0.2) is 64.9 Å². The van der Waals surface area contributed by atoms with E-state index in [0.717, 1.165) is 58.7 Å². The van der Waals surface area contributed by atoms with E-state index >= 15 is 0 Å². The van der Waals surface area contributed by atoms with Crippen LogP contribution in [0, 0.1) is 12.8 Å². The number of carbonyl (C=O) groups excluding carboxylic acids is 1. The van der Waals surface area contributed by atoms with Gasteiger partial charge in [0.15, 0.2) is 5.69 Å². The molecule has 0 unspecified atom stereocenters. The van der Waals surface area contributed by atoms with E-state index in [9.17, 15) is 4.79 Å². The number of aromatic nitrogens is 1. The Kier molecular flexibility index (Phi) is 6.31. The number of rotatable bonds is 5. The molecular weight excluding hydrogens is 364 g/mol. The summed E-state index contributed by atoms with van der Waals surface area (Å²) < 4.78 is 5.62. The second-order valence-corrected chi connectivity index (χ2v) is 8.64. The normalized spacial score (nSPS) is 19.6. The van der Waals surface area contributed by atoms with Gasteiger partial charge in [0.05, 0.1) is 6.54 Å². The van der Waals surface area contributed by atoms with E-state index < -0.39 is 0 Å². The van der Waals surface area contributed by atoms with Crippen molar-refractivity contribution in [2.75, 3.05) is 39.3 Å². The number of piperazine rings is 1. The number of carbonyl (C=O) groups is 1. The molecule has 1 aromatic carbocycles. The molecule has 156 valence electrons. The summed E-state index contributed by atoms with van der Waals surface area (Å²) in [5.74, 6) is 1.36. The lowest BCUT2D eigenvalue weighted by Crippen LogP contribution is -2.45. The molecule has 2 aliphatic heterocycles. The van der Waals surface area contributed by atoms with E-state index in [0.29, 0.717) is 24.0 Å². The minimum absolute atomic E-state index is 0.00914. The number of amides is 1. The van der Waals surface area contributed by atoms with Crippen molar-refractivity contribution in [3.05, 3.63) is 53.2 Å². The monoisotopic (exact) mass is 396 g/mol. The summed E-state index contributed by atoms with van der Waals surface area (Å²) in [6, 6.07) is 8.74. The van der Waals surface area contributed by atoms with E-state index in [2.05, 4.69) is 52.9 Å². The summed E-state index contributed by atoms with van der Waals surface area (Å²) in [7, 11) is 0. The van der Waals surface area contributed by atoms with Gasteiger partial charge in [0, 0.05) is 45.8 Å². The molecule has 0 atom stereocenters. The molecule has 1 amide bonds. The first kappa shape index (κ1) is 20.1. The summed E-state index contributed by atoms with van der Waals surface area (Å²) in [6.07, 6.45) is 3.68. The third-order valence-electron chi connectivity index (χ3n) is 6.15. The fraction of sp³-hybridized carbons (Fsp3) is 0.565. The van der Waals surface area contributed by atoms with E-state index in [-0.39, 0.29) is 5.91 Å². The minimum Gasteiger partial charge on any atom is -0.447 e. The van der Waals surface area contributed by atoms with Gasteiger partial charge < -0.3 is 9.32 Å². The molecule has 2 aromatic rings. The lowest BCUT2D eigenvalue weighted by Gasteiger charge is -2.34. The van der Waals surface area contributed by atoms with Crippen LogP contribution in [0.2, 0.25) is 0 Å². The first-order valence-corrected chi connectivity index (χ1v) is 10.8. The van der Waals surface area contributed by atoms with Gasteiger partial charge in [-0.15, -0.1) is 0 Å². The fourth-order valence-corrected chi connectivity index (χ4v) is 4.22. The van der Waals surface area contributed by atoms with Crippen molar-refractivity contribution in [1.29, 1.82) is 0 Å². The zero-order valence-electron chi connectivity index (χ0n) is 17.6. The minimum atomic E-state index is 0.00914. The van der Waals surface area contributed by atoms with Crippen LogP contribution in [0.5, 0.6) is 0 Å². The Labute approximate surface area is 173 Å². The summed E-state index contributed by atoms with van der Waals surface area (Å²) in [4.78, 5) is 23.9. The van der Waals surface area contributed by atoms with Crippen molar-refractivity contribution in [2.45, 2.75) is 39.8 Å². The number of benzene rings is 1. The number of hydrogen-bond acceptors (Lipinski definition) is 5. The van der Waals surface area contributed by atoms with Gasteiger partial charge in [-0.2, -0.15) is 0 Å². The Morgan fingerprint density at radius 2 is 1.76 bits per heavy atom. The summed E-state index contributed by atoms with van der Waals surface area (Å²) in [6.45, 7) is 11.8. The van der Waals surface area contributed by atoms with Crippen LogP contribution in [-0.2, 0) is 13.1 Å². The van der Waals surface area contributed by atoms with Gasteiger partial charge in [-0.3, -0.25) is 14.6 Å². The molecule has 4 rings (SSSR count). The maximum Gasteiger partial charge on any atom is 0.275 e. The van der Waals surface area contributed by atoms with Crippen molar-refractivity contribution < 1.29 is 9.21 Å². The van der Waals surface area contributed by atoms with E-state index in [1.165, 1.54) is 17.4 Å². The highest BCUT2D eigenvalue weighted by Gasteiger charge is 2.25. The van der Waals surface area contributed by atoms with Crippen LogP contribution in [0.1, 0.15) is 47.3 Å². The molecule has 0 aliphatic carbocycles. The molecular formula is C23H32N4O2. The van der Waals surface area contributed by atoms with Crippen LogP contribution in [0.4, 0.5) is 0 Å². The van der Waals surface area contributed by atoms with Crippen LogP contribution in [0.3, 0.4) is 0 Å². The first-order valence-electron chi connectivity index (χ1n) is 10.8. The second-order valence-electron chi connectivity index (χ2n) is 8.64. The molecule has 2 fully saturated rings. The highest BCUT2D eigenvalue weighted by molar-refractivity contribution is 5.92. The van der Waals surface area contributed by atoms with Gasteiger partial charge in [0.2, 0.25) is 5.89 Å². The number of piperidine rings is 1. The average Bonchev–Trinajstić information content (AvgIpc) is 3.18. The highest BCUT2D eigenvalue weighted by atomic mass is 16.3. The maximum atomic E-state index is 12.6. The zero-order valence-corrected chi connectivity index (χ0v) is 17.6. The SMILES string of the molecule is Cc1cccc(CN2CCN(Cc3nc(C(=O)N4CCC(C)CC4)co3)CC2)c1. The third kappa shape index (κ3) is 5.25. The predicted octanol–water partition coefficient (Wildman–Crippen LogP) is 3.17. The number of nitrogens with zero attached hydrogens (tertiary/aromatic N) is 4. The summed E-state index contributed by atoms with van der Waals surface area (Å²) >= 11 is 0. The molecule has 0 spiro atoms. The molecule has 29 heavy (non-hydrogen) atoms. The Balaban J connectivity index is 1.25. The Morgan fingerprint density at radius 1 is 1.07 bits per heavy atom. The van der Waals surface area contributed by atoms with Gasteiger partial charge in [0.25, 0.3) is 5.91 Å². The molecule has 1 aromatic heterocycles. The van der Waals surface area contributed by atoms with Gasteiger partial charge >= 0.3 is 0 Å². The molecule has 2 aliphatic rings. The van der Waals surface area contributed by atoms with Crippen molar-refractivity contribution in [2.24, 2.45) is 5.92 Å². The van der Waals surface area contributed by atoms with Crippen LogP contribution < -0.4 is 0 Å². The third-order valence-corrected chi connectivity index (χ3v) is 6.15.